The zero-order valence-corrected chi connectivity index (χ0v) is 18.9. The van der Waals surface area contributed by atoms with Crippen molar-refractivity contribution in [2.45, 2.75) is 37.3 Å². The number of hydrogen-bond acceptors (Lipinski definition) is 8. The van der Waals surface area contributed by atoms with E-state index in [1.807, 2.05) is 0 Å². The topological polar surface area (TPSA) is 149 Å². The number of alkyl halides is 7. The molecule has 3 rings (SSSR count). The summed E-state index contributed by atoms with van der Waals surface area (Å²) in [6.45, 7) is 0.121. The van der Waals surface area contributed by atoms with Crippen molar-refractivity contribution in [1.82, 2.24) is 9.97 Å². The van der Waals surface area contributed by atoms with Crippen LogP contribution in [0.5, 0.6) is 5.75 Å². The molecule has 0 unspecified atom stereocenters. The van der Waals surface area contributed by atoms with Crippen molar-refractivity contribution in [3.05, 3.63) is 47.7 Å². The van der Waals surface area contributed by atoms with E-state index in [1.165, 1.54) is 19.1 Å². The molecule has 3 heterocycles. The second-order valence-electron chi connectivity index (χ2n) is 7.48. The number of rotatable bonds is 5. The van der Waals surface area contributed by atoms with Gasteiger partial charge in [0, 0.05) is 6.42 Å². The predicted molar refractivity (Wildman–Crippen MR) is 111 cm³/mol. The molecule has 2 aromatic rings. The van der Waals surface area contributed by atoms with Gasteiger partial charge in [0.2, 0.25) is 6.86 Å². The molecule has 1 amide bonds. The highest BCUT2D eigenvalue weighted by molar-refractivity contribution is 6.02. The summed E-state index contributed by atoms with van der Waals surface area (Å²) in [7, 11) is 0. The molecule has 208 valence electrons. The summed E-state index contributed by atoms with van der Waals surface area (Å²) in [5.41, 5.74) is 2.91. The average molecular weight is 559 g/mol. The number of aliphatic imine (C=N–C) groups is 1. The first-order valence-corrected chi connectivity index (χ1v) is 9.98. The average Bonchev–Trinajstić information content (AvgIpc) is 2.79. The van der Waals surface area contributed by atoms with E-state index in [0.717, 1.165) is 18.3 Å². The van der Waals surface area contributed by atoms with E-state index in [2.05, 4.69) is 25.0 Å². The monoisotopic (exact) mass is 559 g/mol. The van der Waals surface area contributed by atoms with E-state index >= 15 is 0 Å². The molecule has 2 aromatic heterocycles. The van der Waals surface area contributed by atoms with Crippen LogP contribution in [0.15, 0.2) is 35.5 Å². The molecule has 0 bridgehead atoms. The van der Waals surface area contributed by atoms with Gasteiger partial charge in [-0.25, -0.2) is 28.5 Å². The molecule has 0 saturated heterocycles. The Bertz CT molecular complexity index is 1190. The number of carbonyl (C=O) groups is 2. The molecular formula is C20H17F8N5O5. The van der Waals surface area contributed by atoms with E-state index in [0.29, 0.717) is 0 Å². The maximum absolute atomic E-state index is 14.5. The Labute approximate surface area is 207 Å². The van der Waals surface area contributed by atoms with E-state index in [4.69, 9.17) is 20.4 Å². The number of carboxylic acids is 1. The van der Waals surface area contributed by atoms with Crippen LogP contribution in [0, 0.1) is 5.82 Å². The standard InChI is InChI=1S/C18H16F5N5O3.C2HF3O2/c1-17(6-12(18(21,22)23)26-16(24)31-17)14-10(20)3-5-13(27-14)28-15(29)11-4-2-9(7-25-11)30-8-19;3-2(4,5)1(6)7/h2-5,7,12H,6,8H2,1H3,(H2,24,26)(H,27,28,29);(H,6,7)/t12-,17-;/m0./s1. The molecule has 0 radical (unpaired) electrons. The Morgan fingerprint density at radius 1 is 1.21 bits per heavy atom. The lowest BCUT2D eigenvalue weighted by Crippen LogP contribution is -2.46. The number of ether oxygens (including phenoxy) is 2. The zero-order chi connectivity index (χ0) is 28.9. The maximum Gasteiger partial charge on any atom is 0.490 e. The second-order valence-corrected chi connectivity index (χ2v) is 7.48. The molecular weight excluding hydrogens is 542 g/mol. The van der Waals surface area contributed by atoms with Crippen LogP contribution in [-0.2, 0) is 15.1 Å². The fourth-order valence-electron chi connectivity index (χ4n) is 2.93. The number of pyridine rings is 2. The van der Waals surface area contributed by atoms with Gasteiger partial charge in [0.05, 0.1) is 6.20 Å². The van der Waals surface area contributed by atoms with Crippen molar-refractivity contribution in [2.24, 2.45) is 10.7 Å². The molecule has 2 atom stereocenters. The molecule has 0 aliphatic carbocycles. The lowest BCUT2D eigenvalue weighted by molar-refractivity contribution is -0.192. The van der Waals surface area contributed by atoms with Crippen LogP contribution >= 0.6 is 0 Å². The van der Waals surface area contributed by atoms with Gasteiger partial charge >= 0.3 is 18.3 Å². The summed E-state index contributed by atoms with van der Waals surface area (Å²) in [5, 5.41) is 9.48. The number of anilines is 1. The number of hydrogen-bond donors (Lipinski definition) is 3. The van der Waals surface area contributed by atoms with Crippen molar-refractivity contribution in [1.29, 1.82) is 0 Å². The Balaban J connectivity index is 0.000000638. The predicted octanol–water partition coefficient (Wildman–Crippen LogP) is 3.69. The van der Waals surface area contributed by atoms with Crippen molar-refractivity contribution < 1.29 is 59.3 Å². The number of nitrogens with zero attached hydrogens (tertiary/aromatic N) is 3. The Morgan fingerprint density at radius 3 is 2.34 bits per heavy atom. The summed E-state index contributed by atoms with van der Waals surface area (Å²) < 4.78 is 108. The lowest BCUT2D eigenvalue weighted by Gasteiger charge is -2.36. The molecule has 18 heteroatoms. The van der Waals surface area contributed by atoms with Crippen LogP contribution in [0.2, 0.25) is 0 Å². The third-order valence-electron chi connectivity index (χ3n) is 4.59. The molecule has 0 aromatic carbocycles. The molecule has 0 saturated carbocycles. The largest absolute Gasteiger partial charge is 0.490 e. The third-order valence-corrected chi connectivity index (χ3v) is 4.59. The SMILES string of the molecule is C[C@@]1(c2nc(NC(=O)c3ccc(OCF)cn3)ccc2F)C[C@@H](C(F)(F)F)N=C(N)O1.O=C(O)C(F)(F)F. The summed E-state index contributed by atoms with van der Waals surface area (Å²) >= 11 is 0. The minimum Gasteiger partial charge on any atom is -0.475 e. The highest BCUT2D eigenvalue weighted by Gasteiger charge is 2.50. The van der Waals surface area contributed by atoms with Gasteiger partial charge in [-0.05, 0) is 31.2 Å². The fourth-order valence-corrected chi connectivity index (χ4v) is 2.93. The molecule has 10 nitrogen and oxygen atoms in total. The van der Waals surface area contributed by atoms with Gasteiger partial charge in [0.1, 0.15) is 28.8 Å². The van der Waals surface area contributed by atoms with Gasteiger partial charge in [-0.15, -0.1) is 0 Å². The van der Waals surface area contributed by atoms with Crippen LogP contribution in [0.4, 0.5) is 40.9 Å². The summed E-state index contributed by atoms with van der Waals surface area (Å²) in [6.07, 6.45) is -9.45. The minimum absolute atomic E-state index is 0.0903. The number of aromatic nitrogens is 2. The number of carboxylic acid groups (broad SMARTS) is 1. The van der Waals surface area contributed by atoms with Gasteiger partial charge < -0.3 is 25.6 Å². The fraction of sp³-hybridized carbons (Fsp3) is 0.350. The molecule has 1 aliphatic heterocycles. The van der Waals surface area contributed by atoms with Crippen LogP contribution < -0.4 is 15.8 Å². The van der Waals surface area contributed by atoms with Crippen LogP contribution in [0.3, 0.4) is 0 Å². The first kappa shape index (κ1) is 30.0. The van der Waals surface area contributed by atoms with E-state index < -0.39 is 66.7 Å². The van der Waals surface area contributed by atoms with E-state index in [9.17, 15) is 39.9 Å². The second kappa shape index (κ2) is 11.4. The van der Waals surface area contributed by atoms with Crippen LogP contribution in [-0.4, -0.2) is 58.2 Å². The van der Waals surface area contributed by atoms with Crippen LogP contribution in [0.25, 0.3) is 0 Å². The molecule has 0 fully saturated rings. The lowest BCUT2D eigenvalue weighted by atomic mass is 9.91. The normalized spacial score (nSPS) is 19.3. The Morgan fingerprint density at radius 2 is 1.84 bits per heavy atom. The Hall–Kier alpha value is -4.25. The number of carbonyl (C=O) groups excluding carboxylic acids is 1. The highest BCUT2D eigenvalue weighted by atomic mass is 19.4. The van der Waals surface area contributed by atoms with Gasteiger partial charge in [-0.3, -0.25) is 4.79 Å². The first-order valence-electron chi connectivity index (χ1n) is 9.98. The minimum atomic E-state index is -5.08. The summed E-state index contributed by atoms with van der Waals surface area (Å²) in [4.78, 5) is 32.2. The number of amidine groups is 1. The summed E-state index contributed by atoms with van der Waals surface area (Å²) in [6, 6.07) is 1.62. The zero-order valence-electron chi connectivity index (χ0n) is 18.9. The number of aliphatic carboxylic acids is 1. The third kappa shape index (κ3) is 7.87. The van der Waals surface area contributed by atoms with Gasteiger partial charge in [-0.2, -0.15) is 26.3 Å². The highest BCUT2D eigenvalue weighted by Crippen LogP contribution is 2.40. The summed E-state index contributed by atoms with van der Waals surface area (Å²) in [5.74, 6) is -4.53. The number of nitrogens with two attached hydrogens (primary N) is 1. The van der Waals surface area contributed by atoms with Crippen molar-refractivity contribution in [3.63, 3.8) is 0 Å². The van der Waals surface area contributed by atoms with Crippen LogP contribution in [0.1, 0.15) is 29.5 Å². The number of amides is 1. The van der Waals surface area contributed by atoms with E-state index in [-0.39, 0.29) is 17.3 Å². The maximum atomic E-state index is 14.5. The quantitative estimate of drug-likeness (QED) is 0.470. The van der Waals surface area contributed by atoms with E-state index in [1.54, 1.807) is 0 Å². The molecule has 0 spiro atoms. The number of nitrogens with one attached hydrogen (secondary N) is 1. The Kier molecular flexibility index (Phi) is 9.01. The van der Waals surface area contributed by atoms with Gasteiger partial charge in [-0.1, -0.05) is 0 Å². The first-order chi connectivity index (χ1) is 17.5. The molecule has 4 N–H and O–H groups in total. The smallest absolute Gasteiger partial charge is 0.475 e. The van der Waals surface area contributed by atoms with Gasteiger partial charge in [0.25, 0.3) is 11.9 Å². The van der Waals surface area contributed by atoms with Crippen molar-refractivity contribution in [3.8, 4) is 5.75 Å². The van der Waals surface area contributed by atoms with Gasteiger partial charge in [0.15, 0.2) is 11.6 Å². The number of halogens is 8. The molecule has 38 heavy (non-hydrogen) atoms. The molecule has 1 aliphatic rings. The van der Waals surface area contributed by atoms with Crippen molar-refractivity contribution in [2.75, 3.05) is 12.2 Å². The van der Waals surface area contributed by atoms with Crippen molar-refractivity contribution >= 4 is 23.7 Å².